The maximum Gasteiger partial charge on any atom is 0.249 e. The van der Waals surface area contributed by atoms with E-state index in [2.05, 4.69) is 120 Å². The Morgan fingerprint density at radius 3 is 2.07 bits per heavy atom. The van der Waals surface area contributed by atoms with Gasteiger partial charge in [-0.1, -0.05) is 79.7 Å². The number of hydrogen-bond acceptors (Lipinski definition) is 0. The molecule has 0 amide bonds. The van der Waals surface area contributed by atoms with Crippen LogP contribution in [0.15, 0.2) is 48.8 Å². The van der Waals surface area contributed by atoms with E-state index in [1.54, 1.807) is 0 Å². The van der Waals surface area contributed by atoms with Gasteiger partial charge in [0.05, 0.1) is 7.05 Å². The van der Waals surface area contributed by atoms with E-state index in [1.165, 1.54) is 39.3 Å². The van der Waals surface area contributed by atoms with Gasteiger partial charge in [0.25, 0.3) is 0 Å². The van der Waals surface area contributed by atoms with Crippen molar-refractivity contribution in [2.45, 2.75) is 71.6 Å². The van der Waals surface area contributed by atoms with Gasteiger partial charge in [0, 0.05) is 16.2 Å². The molecular weight excluding hydrogens is 364 g/mol. The fourth-order valence-electron chi connectivity index (χ4n) is 6.31. The minimum atomic E-state index is 0.0223. The molecule has 0 atom stereocenters. The van der Waals surface area contributed by atoms with Crippen LogP contribution in [-0.4, -0.2) is 4.57 Å². The Morgan fingerprint density at radius 2 is 1.37 bits per heavy atom. The quantitative estimate of drug-likeness (QED) is 0.431. The molecule has 0 N–H and O–H groups in total. The topological polar surface area (TPSA) is 8.81 Å². The second-order valence-corrected chi connectivity index (χ2v) is 11.6. The highest BCUT2D eigenvalue weighted by Gasteiger charge is 2.63. The first kappa shape index (κ1) is 19.6. The highest BCUT2D eigenvalue weighted by molar-refractivity contribution is 5.81. The molecule has 2 aliphatic carbocycles. The maximum atomic E-state index is 2.46. The lowest BCUT2D eigenvalue weighted by Gasteiger charge is -2.43. The summed E-state index contributed by atoms with van der Waals surface area (Å²) in [5, 5.41) is 0. The highest BCUT2D eigenvalue weighted by Crippen LogP contribution is 2.61. The molecule has 5 rings (SSSR count). The third kappa shape index (κ3) is 2.03. The van der Waals surface area contributed by atoms with Gasteiger partial charge in [-0.15, -0.1) is 0 Å². The van der Waals surface area contributed by atoms with E-state index < -0.39 is 0 Å². The monoisotopic (exact) mass is 399 g/mol. The second-order valence-electron chi connectivity index (χ2n) is 11.6. The minimum absolute atomic E-state index is 0.0223. The van der Waals surface area contributed by atoms with Crippen LogP contribution in [0.2, 0.25) is 0 Å². The Balaban J connectivity index is 1.76. The molecule has 0 spiro atoms. The van der Waals surface area contributed by atoms with Gasteiger partial charge in [0.1, 0.15) is 5.69 Å². The Kier molecular flexibility index (Phi) is 3.57. The summed E-state index contributed by atoms with van der Waals surface area (Å²) in [7, 11) is 2.21. The molecule has 0 fully saturated rings. The summed E-state index contributed by atoms with van der Waals surface area (Å²) in [6.45, 7) is 19.2. The van der Waals surface area contributed by atoms with Gasteiger partial charge in [-0.05, 0) is 45.9 Å². The fraction of sp³-hybridized carbons (Fsp3) is 0.464. The smallest absolute Gasteiger partial charge is 0.236 e. The van der Waals surface area contributed by atoms with Crippen molar-refractivity contribution < 1.29 is 4.57 Å². The summed E-state index contributed by atoms with van der Waals surface area (Å²) in [5.41, 5.74) is 10.1. The number of benzene rings is 2. The first-order valence-corrected chi connectivity index (χ1v) is 11.2. The van der Waals surface area contributed by atoms with Crippen molar-refractivity contribution in [1.29, 1.82) is 0 Å². The molecule has 156 valence electrons. The van der Waals surface area contributed by atoms with E-state index in [0.717, 1.165) is 0 Å². The van der Waals surface area contributed by atoms with Crippen LogP contribution in [0, 0.1) is 5.41 Å². The van der Waals surface area contributed by atoms with Gasteiger partial charge in [-0.3, -0.25) is 0 Å². The van der Waals surface area contributed by atoms with Crippen LogP contribution in [-0.2, 0) is 23.3 Å². The van der Waals surface area contributed by atoms with Crippen LogP contribution >= 0.6 is 0 Å². The molecule has 0 aliphatic heterocycles. The predicted molar refractivity (Wildman–Crippen MR) is 124 cm³/mol. The molecule has 0 bridgehead atoms. The molecule has 1 heterocycles. The van der Waals surface area contributed by atoms with Gasteiger partial charge in [-0.2, -0.15) is 4.57 Å². The van der Waals surface area contributed by atoms with E-state index in [9.17, 15) is 0 Å². The van der Waals surface area contributed by atoms with Gasteiger partial charge >= 0.3 is 0 Å². The number of imidazole rings is 1. The van der Waals surface area contributed by atoms with Crippen LogP contribution in [0.1, 0.15) is 77.9 Å². The number of rotatable bonds is 1. The maximum absolute atomic E-state index is 2.46. The van der Waals surface area contributed by atoms with E-state index in [0.29, 0.717) is 0 Å². The SMILES string of the molecule is C[n+]1cn(-c2ccc3c(c2)C(C)(C)c2ccccc2-3)c2c1C(C)(C)C(C)(C)C2(C)C. The third-order valence-electron chi connectivity index (χ3n) is 9.26. The summed E-state index contributed by atoms with van der Waals surface area (Å²) < 4.78 is 4.82. The molecule has 0 saturated carbocycles. The Hall–Kier alpha value is -2.35. The van der Waals surface area contributed by atoms with Crippen molar-refractivity contribution >= 4 is 0 Å². The Labute approximate surface area is 181 Å². The Bertz CT molecular complexity index is 1200. The van der Waals surface area contributed by atoms with Gasteiger partial charge in [-0.25, -0.2) is 4.57 Å². The second kappa shape index (κ2) is 5.46. The standard InChI is InChI=1S/C28H35N2/c1-25(2)21-13-11-10-12-19(21)20-15-14-18(16-22(20)25)30-17-29(9)23-24(30)27(5,6)28(7,8)26(23,3)4/h10-17H,1-9H3/q+1. The summed E-state index contributed by atoms with van der Waals surface area (Å²) in [6, 6.07) is 16.0. The molecular formula is C28H35N2+. The first-order chi connectivity index (χ1) is 13.8. The zero-order valence-electron chi connectivity index (χ0n) is 20.0. The van der Waals surface area contributed by atoms with Crippen LogP contribution in [0.5, 0.6) is 0 Å². The lowest BCUT2D eigenvalue weighted by molar-refractivity contribution is -0.681. The van der Waals surface area contributed by atoms with Crippen LogP contribution < -0.4 is 4.57 Å². The van der Waals surface area contributed by atoms with Crippen LogP contribution in [0.25, 0.3) is 16.8 Å². The molecule has 2 nitrogen and oxygen atoms in total. The van der Waals surface area contributed by atoms with Gasteiger partial charge < -0.3 is 0 Å². The molecule has 0 unspecified atom stereocenters. The molecule has 3 aromatic rings. The zero-order chi connectivity index (χ0) is 21.9. The lowest BCUT2D eigenvalue weighted by Crippen LogP contribution is -2.47. The molecule has 2 heteroatoms. The Morgan fingerprint density at radius 1 is 0.733 bits per heavy atom. The summed E-state index contributed by atoms with van der Waals surface area (Å²) >= 11 is 0. The molecule has 2 aliphatic rings. The van der Waals surface area contributed by atoms with Crippen molar-refractivity contribution in [3.8, 4) is 16.8 Å². The molecule has 30 heavy (non-hydrogen) atoms. The molecule has 0 saturated heterocycles. The van der Waals surface area contributed by atoms with Gasteiger partial charge in [0.15, 0.2) is 11.4 Å². The first-order valence-electron chi connectivity index (χ1n) is 11.2. The van der Waals surface area contributed by atoms with Crippen molar-refractivity contribution in [3.63, 3.8) is 0 Å². The summed E-state index contributed by atoms with van der Waals surface area (Å²) in [5.74, 6) is 0. The molecule has 1 aromatic heterocycles. The minimum Gasteiger partial charge on any atom is -0.236 e. The number of fused-ring (bicyclic) bond motifs is 4. The average molecular weight is 400 g/mol. The highest BCUT2D eigenvalue weighted by atomic mass is 15.2. The van der Waals surface area contributed by atoms with Gasteiger partial charge in [0.2, 0.25) is 6.33 Å². The number of aromatic nitrogens is 2. The molecule has 2 aromatic carbocycles. The van der Waals surface area contributed by atoms with E-state index >= 15 is 0 Å². The average Bonchev–Trinajstić information content (AvgIpc) is 3.18. The number of nitrogens with zero attached hydrogens (tertiary/aromatic N) is 2. The summed E-state index contributed by atoms with van der Waals surface area (Å²) in [6.07, 6.45) is 2.29. The molecule has 0 radical (unpaired) electrons. The lowest BCUT2D eigenvalue weighted by atomic mass is 9.60. The summed E-state index contributed by atoms with van der Waals surface area (Å²) in [4.78, 5) is 0. The van der Waals surface area contributed by atoms with Crippen molar-refractivity contribution in [2.75, 3.05) is 0 Å². The van der Waals surface area contributed by atoms with E-state index in [1.807, 2.05) is 0 Å². The number of aryl methyl sites for hydroxylation is 1. The van der Waals surface area contributed by atoms with E-state index in [4.69, 9.17) is 0 Å². The third-order valence-corrected chi connectivity index (χ3v) is 9.26. The number of hydrogen-bond donors (Lipinski definition) is 0. The van der Waals surface area contributed by atoms with Crippen molar-refractivity contribution in [2.24, 2.45) is 12.5 Å². The van der Waals surface area contributed by atoms with Crippen molar-refractivity contribution in [1.82, 2.24) is 4.57 Å². The largest absolute Gasteiger partial charge is 0.249 e. The van der Waals surface area contributed by atoms with Crippen molar-refractivity contribution in [3.05, 3.63) is 71.3 Å². The predicted octanol–water partition coefficient (Wildman–Crippen LogP) is 6.20. The zero-order valence-corrected chi connectivity index (χ0v) is 20.0. The van der Waals surface area contributed by atoms with E-state index in [-0.39, 0.29) is 21.7 Å². The van der Waals surface area contributed by atoms with Crippen LogP contribution in [0.4, 0.5) is 0 Å². The fourth-order valence-corrected chi connectivity index (χ4v) is 6.31. The normalized spacial score (nSPS) is 21.2. The van der Waals surface area contributed by atoms with Crippen LogP contribution in [0.3, 0.4) is 0 Å².